The van der Waals surface area contributed by atoms with Crippen LogP contribution in [0.15, 0.2) is 4.99 Å². The molecule has 0 rings (SSSR count). The molecule has 0 saturated carbocycles. The van der Waals surface area contributed by atoms with Gasteiger partial charge in [-0.15, -0.1) is 0 Å². The van der Waals surface area contributed by atoms with E-state index in [9.17, 15) is 4.79 Å². The van der Waals surface area contributed by atoms with Gasteiger partial charge in [-0.2, -0.15) is 0 Å². The van der Waals surface area contributed by atoms with Gasteiger partial charge in [-0.05, 0) is 13.3 Å². The van der Waals surface area contributed by atoms with Crippen molar-refractivity contribution < 1.29 is 9.53 Å². The van der Waals surface area contributed by atoms with Crippen LogP contribution in [-0.4, -0.2) is 25.3 Å². The number of hydrogen-bond donors (Lipinski definition) is 0. The molecule has 0 aliphatic carbocycles. The molecule has 0 fully saturated rings. The smallest absolute Gasteiger partial charge is 0.235 e. The number of ether oxygens (including phenoxy) is 1. The van der Waals surface area contributed by atoms with E-state index in [2.05, 4.69) is 4.99 Å². The Kier molecular flexibility index (Phi) is 4.81. The maximum absolute atomic E-state index is 9.80. The largest absolute Gasteiger partial charge is 0.379 e. The van der Waals surface area contributed by atoms with E-state index >= 15 is 0 Å². The molecule has 3 heteroatoms. The highest BCUT2D eigenvalue weighted by atomic mass is 16.5. The van der Waals surface area contributed by atoms with Crippen LogP contribution >= 0.6 is 0 Å². The van der Waals surface area contributed by atoms with Crippen LogP contribution < -0.4 is 0 Å². The van der Waals surface area contributed by atoms with E-state index in [1.807, 2.05) is 13.8 Å². The van der Waals surface area contributed by atoms with Crippen molar-refractivity contribution >= 4 is 6.08 Å². The van der Waals surface area contributed by atoms with Crippen LogP contribution in [0, 0.1) is 0 Å². The van der Waals surface area contributed by atoms with Crippen LogP contribution in [0.4, 0.5) is 0 Å². The van der Waals surface area contributed by atoms with Gasteiger partial charge in [0.1, 0.15) is 0 Å². The van der Waals surface area contributed by atoms with Crippen molar-refractivity contribution in [1.82, 2.24) is 0 Å². The van der Waals surface area contributed by atoms with Crippen molar-refractivity contribution in [3.63, 3.8) is 0 Å². The minimum absolute atomic E-state index is 0.0430. The van der Waals surface area contributed by atoms with E-state index in [1.165, 1.54) is 6.08 Å². The summed E-state index contributed by atoms with van der Waals surface area (Å²) in [6, 6.07) is -0.0764. The predicted molar refractivity (Wildman–Crippen MR) is 38.7 cm³/mol. The SMILES string of the molecule is CCC(OC)C(C)N=C=O. The molecule has 2 unspecified atom stereocenters. The molecule has 2 atom stereocenters. The monoisotopic (exact) mass is 143 g/mol. The molecule has 0 aromatic rings. The molecular formula is C7H13NO2. The number of nitrogens with zero attached hydrogens (tertiary/aromatic N) is 1. The molecule has 0 bridgehead atoms. The molecule has 0 aromatic heterocycles. The summed E-state index contributed by atoms with van der Waals surface area (Å²) >= 11 is 0. The van der Waals surface area contributed by atoms with E-state index in [1.54, 1.807) is 7.11 Å². The van der Waals surface area contributed by atoms with Gasteiger partial charge in [-0.1, -0.05) is 6.92 Å². The zero-order valence-corrected chi connectivity index (χ0v) is 6.63. The summed E-state index contributed by atoms with van der Waals surface area (Å²) in [5, 5.41) is 0. The number of rotatable bonds is 4. The van der Waals surface area contributed by atoms with Crippen LogP contribution in [0.25, 0.3) is 0 Å². The van der Waals surface area contributed by atoms with Crippen LogP contribution in [0.5, 0.6) is 0 Å². The predicted octanol–water partition coefficient (Wildman–Crippen LogP) is 1.14. The second kappa shape index (κ2) is 5.15. The number of isocyanates is 1. The van der Waals surface area contributed by atoms with Crippen molar-refractivity contribution in [2.24, 2.45) is 4.99 Å². The number of aliphatic imine (C=N–C) groups is 1. The Bertz CT molecular complexity index is 126. The molecule has 10 heavy (non-hydrogen) atoms. The molecule has 0 heterocycles. The molecule has 0 radical (unpaired) electrons. The summed E-state index contributed by atoms with van der Waals surface area (Å²) in [5.74, 6) is 0. The lowest BCUT2D eigenvalue weighted by Crippen LogP contribution is -2.22. The fourth-order valence-electron chi connectivity index (χ4n) is 0.871. The van der Waals surface area contributed by atoms with Crippen LogP contribution in [-0.2, 0) is 9.53 Å². The Labute approximate surface area is 61.1 Å². The van der Waals surface area contributed by atoms with Crippen molar-refractivity contribution in [2.45, 2.75) is 32.4 Å². The van der Waals surface area contributed by atoms with E-state index in [0.717, 1.165) is 6.42 Å². The van der Waals surface area contributed by atoms with Crippen molar-refractivity contribution in [2.75, 3.05) is 7.11 Å². The summed E-state index contributed by atoms with van der Waals surface area (Å²) in [6.07, 6.45) is 2.42. The van der Waals surface area contributed by atoms with Crippen molar-refractivity contribution in [1.29, 1.82) is 0 Å². The Morgan fingerprint density at radius 2 is 2.30 bits per heavy atom. The Hall–Kier alpha value is -0.660. The number of carbonyl (C=O) groups excluding carboxylic acids is 1. The fourth-order valence-corrected chi connectivity index (χ4v) is 0.871. The first-order valence-corrected chi connectivity index (χ1v) is 3.36. The molecule has 0 spiro atoms. The van der Waals surface area contributed by atoms with Crippen LogP contribution in [0.1, 0.15) is 20.3 Å². The van der Waals surface area contributed by atoms with Gasteiger partial charge < -0.3 is 4.74 Å². The first-order chi connectivity index (χ1) is 4.76. The first kappa shape index (κ1) is 9.34. The molecule has 0 amide bonds. The van der Waals surface area contributed by atoms with Gasteiger partial charge in [-0.3, -0.25) is 0 Å². The molecule has 0 N–H and O–H groups in total. The molecule has 0 saturated heterocycles. The summed E-state index contributed by atoms with van der Waals surface area (Å²) < 4.78 is 5.04. The standard InChI is InChI=1S/C7H13NO2/c1-4-7(10-3)6(2)8-5-9/h6-7H,4H2,1-3H3. The number of hydrogen-bond acceptors (Lipinski definition) is 3. The quantitative estimate of drug-likeness (QED) is 0.437. The second-order valence-corrected chi connectivity index (χ2v) is 2.14. The third-order valence-electron chi connectivity index (χ3n) is 1.50. The lowest BCUT2D eigenvalue weighted by atomic mass is 10.1. The highest BCUT2D eigenvalue weighted by Gasteiger charge is 2.12. The molecule has 0 aromatic carbocycles. The summed E-state index contributed by atoms with van der Waals surface area (Å²) in [7, 11) is 1.62. The zero-order chi connectivity index (χ0) is 7.98. The van der Waals surface area contributed by atoms with Gasteiger partial charge in [-0.25, -0.2) is 9.79 Å². The second-order valence-electron chi connectivity index (χ2n) is 2.14. The lowest BCUT2D eigenvalue weighted by Gasteiger charge is -2.15. The van der Waals surface area contributed by atoms with Gasteiger partial charge in [0.2, 0.25) is 6.08 Å². The molecule has 0 aliphatic rings. The van der Waals surface area contributed by atoms with E-state index in [-0.39, 0.29) is 12.1 Å². The first-order valence-electron chi connectivity index (χ1n) is 3.36. The highest BCUT2D eigenvalue weighted by Crippen LogP contribution is 2.04. The summed E-state index contributed by atoms with van der Waals surface area (Å²) in [4.78, 5) is 13.3. The van der Waals surface area contributed by atoms with Gasteiger partial charge in [0, 0.05) is 7.11 Å². The Morgan fingerprint density at radius 1 is 1.70 bits per heavy atom. The van der Waals surface area contributed by atoms with Crippen LogP contribution in [0.3, 0.4) is 0 Å². The van der Waals surface area contributed by atoms with Gasteiger partial charge >= 0.3 is 0 Å². The average Bonchev–Trinajstić information content (AvgIpc) is 1.91. The maximum atomic E-state index is 9.80. The topological polar surface area (TPSA) is 38.7 Å². The van der Waals surface area contributed by atoms with Gasteiger partial charge in [0.25, 0.3) is 0 Å². The van der Waals surface area contributed by atoms with E-state index < -0.39 is 0 Å². The normalized spacial score (nSPS) is 15.5. The molecule has 58 valence electrons. The molecule has 0 aliphatic heterocycles. The Balaban J connectivity index is 3.87. The molecular weight excluding hydrogens is 130 g/mol. The van der Waals surface area contributed by atoms with E-state index in [4.69, 9.17) is 4.74 Å². The van der Waals surface area contributed by atoms with Crippen molar-refractivity contribution in [3.8, 4) is 0 Å². The minimum atomic E-state index is -0.0764. The van der Waals surface area contributed by atoms with Gasteiger partial charge in [0.05, 0.1) is 12.1 Å². The third kappa shape index (κ3) is 2.76. The average molecular weight is 143 g/mol. The Morgan fingerprint density at radius 3 is 2.60 bits per heavy atom. The highest BCUT2D eigenvalue weighted by molar-refractivity contribution is 5.33. The summed E-state index contributed by atoms with van der Waals surface area (Å²) in [6.45, 7) is 3.83. The third-order valence-corrected chi connectivity index (χ3v) is 1.50. The fraction of sp³-hybridized carbons (Fsp3) is 0.857. The lowest BCUT2D eigenvalue weighted by molar-refractivity contribution is 0.0828. The molecule has 3 nitrogen and oxygen atoms in total. The van der Waals surface area contributed by atoms with Gasteiger partial charge in [0.15, 0.2) is 0 Å². The summed E-state index contributed by atoms with van der Waals surface area (Å²) in [5.41, 5.74) is 0. The van der Waals surface area contributed by atoms with Crippen molar-refractivity contribution in [3.05, 3.63) is 0 Å². The number of methoxy groups -OCH3 is 1. The minimum Gasteiger partial charge on any atom is -0.379 e. The van der Waals surface area contributed by atoms with E-state index in [0.29, 0.717) is 0 Å². The zero-order valence-electron chi connectivity index (χ0n) is 6.63. The van der Waals surface area contributed by atoms with Crippen LogP contribution in [0.2, 0.25) is 0 Å². The maximum Gasteiger partial charge on any atom is 0.235 e.